The number of ether oxygens (including phenoxy) is 1. The number of esters is 1. The minimum Gasteiger partial charge on any atom is -0.451 e. The van der Waals surface area contributed by atoms with Crippen LogP contribution in [-0.2, 0) is 4.74 Å². The van der Waals surface area contributed by atoms with Crippen LogP contribution in [0.4, 0.5) is 0 Å². The van der Waals surface area contributed by atoms with Gasteiger partial charge in [-0.3, -0.25) is 4.79 Å². The van der Waals surface area contributed by atoms with Crippen LogP contribution in [-0.4, -0.2) is 17.9 Å². The second kappa shape index (κ2) is 7.10. The van der Waals surface area contributed by atoms with E-state index in [1.807, 2.05) is 39.0 Å². The van der Waals surface area contributed by atoms with Gasteiger partial charge in [-0.1, -0.05) is 6.07 Å². The Hall–Kier alpha value is -2.93. The van der Waals surface area contributed by atoms with Crippen LogP contribution in [0, 0.1) is 32.1 Å². The number of hydrogen-bond acceptors (Lipinski definition) is 4. The standard InChI is InChI=1S/C20H19NO3/c1-12-9-14(3)18(10-13(12)2)19(22)15(4)24-20(23)17-7-5-16(11-21)6-8-17/h5-10,15H,1-4H3/t15-/m0/s1. The summed E-state index contributed by atoms with van der Waals surface area (Å²) in [6.45, 7) is 7.37. The fraction of sp³-hybridized carbons (Fsp3) is 0.250. The lowest BCUT2D eigenvalue weighted by Gasteiger charge is -2.15. The minimum absolute atomic E-state index is 0.224. The summed E-state index contributed by atoms with van der Waals surface area (Å²) in [4.78, 5) is 24.7. The highest BCUT2D eigenvalue weighted by molar-refractivity contribution is 6.02. The molecule has 2 aromatic carbocycles. The Bertz CT molecular complexity index is 829. The van der Waals surface area contributed by atoms with Gasteiger partial charge < -0.3 is 4.74 Å². The zero-order valence-electron chi connectivity index (χ0n) is 14.2. The van der Waals surface area contributed by atoms with Gasteiger partial charge in [0, 0.05) is 5.56 Å². The molecule has 122 valence electrons. The van der Waals surface area contributed by atoms with Crippen molar-refractivity contribution < 1.29 is 14.3 Å². The van der Waals surface area contributed by atoms with Gasteiger partial charge in [0.25, 0.3) is 0 Å². The Balaban J connectivity index is 2.15. The van der Waals surface area contributed by atoms with Gasteiger partial charge in [-0.05, 0) is 74.7 Å². The molecule has 2 rings (SSSR count). The van der Waals surface area contributed by atoms with Gasteiger partial charge in [0.05, 0.1) is 17.2 Å². The molecular weight excluding hydrogens is 302 g/mol. The van der Waals surface area contributed by atoms with Gasteiger partial charge in [0.1, 0.15) is 0 Å². The van der Waals surface area contributed by atoms with E-state index in [1.165, 1.54) is 24.3 Å². The summed E-state index contributed by atoms with van der Waals surface area (Å²) in [6, 6.07) is 11.9. The molecule has 0 aliphatic rings. The van der Waals surface area contributed by atoms with Crippen molar-refractivity contribution >= 4 is 11.8 Å². The SMILES string of the molecule is Cc1cc(C)c(C(=O)[C@H](C)OC(=O)c2ccc(C#N)cc2)cc1C. The molecule has 2 aromatic rings. The molecule has 0 heterocycles. The van der Waals surface area contributed by atoms with E-state index in [4.69, 9.17) is 10.00 Å². The van der Waals surface area contributed by atoms with Crippen LogP contribution in [0.25, 0.3) is 0 Å². The predicted molar refractivity (Wildman–Crippen MR) is 91.0 cm³/mol. The first-order valence-corrected chi connectivity index (χ1v) is 7.66. The van der Waals surface area contributed by atoms with Gasteiger partial charge in [0.2, 0.25) is 5.78 Å². The van der Waals surface area contributed by atoms with Gasteiger partial charge in [-0.2, -0.15) is 5.26 Å². The molecule has 4 heteroatoms. The third-order valence-corrected chi connectivity index (χ3v) is 4.01. The maximum Gasteiger partial charge on any atom is 0.338 e. The van der Waals surface area contributed by atoms with E-state index in [9.17, 15) is 9.59 Å². The summed E-state index contributed by atoms with van der Waals surface area (Å²) in [5, 5.41) is 8.77. The number of benzene rings is 2. The number of hydrogen-bond donors (Lipinski definition) is 0. The highest BCUT2D eigenvalue weighted by Crippen LogP contribution is 2.18. The molecule has 0 aliphatic carbocycles. The van der Waals surface area contributed by atoms with Crippen molar-refractivity contribution in [3.63, 3.8) is 0 Å². The highest BCUT2D eigenvalue weighted by atomic mass is 16.5. The number of carbonyl (C=O) groups excluding carboxylic acids is 2. The number of aryl methyl sites for hydroxylation is 3. The van der Waals surface area contributed by atoms with Crippen LogP contribution in [0.1, 0.15) is 49.9 Å². The van der Waals surface area contributed by atoms with E-state index in [2.05, 4.69) is 0 Å². The zero-order chi connectivity index (χ0) is 17.9. The molecule has 0 saturated carbocycles. The number of nitrogens with zero attached hydrogens (tertiary/aromatic N) is 1. The summed E-state index contributed by atoms with van der Waals surface area (Å²) in [5.41, 5.74) is 4.34. The van der Waals surface area contributed by atoms with Crippen molar-refractivity contribution in [1.82, 2.24) is 0 Å². The van der Waals surface area contributed by atoms with Crippen molar-refractivity contribution in [3.8, 4) is 6.07 Å². The first-order chi connectivity index (χ1) is 11.3. The minimum atomic E-state index is -0.881. The molecule has 1 atom stereocenters. The van der Waals surface area contributed by atoms with Crippen LogP contribution in [0.2, 0.25) is 0 Å². The molecule has 4 nitrogen and oxygen atoms in total. The van der Waals surface area contributed by atoms with Crippen molar-refractivity contribution in [1.29, 1.82) is 5.26 Å². The Labute approximate surface area is 141 Å². The normalized spacial score (nSPS) is 11.5. The highest BCUT2D eigenvalue weighted by Gasteiger charge is 2.22. The Kier molecular flexibility index (Phi) is 5.15. The number of carbonyl (C=O) groups is 2. The van der Waals surface area contributed by atoms with E-state index in [-0.39, 0.29) is 5.78 Å². The number of nitriles is 1. The quantitative estimate of drug-likeness (QED) is 0.632. The average Bonchev–Trinajstić information content (AvgIpc) is 2.57. The molecule has 0 saturated heterocycles. The molecule has 0 N–H and O–H groups in total. The summed E-state index contributed by atoms with van der Waals surface area (Å²) in [6.07, 6.45) is -0.881. The molecular formula is C20H19NO3. The van der Waals surface area contributed by atoms with E-state index in [1.54, 1.807) is 6.92 Å². The third-order valence-electron chi connectivity index (χ3n) is 4.01. The number of rotatable bonds is 4. The zero-order valence-corrected chi connectivity index (χ0v) is 14.2. The summed E-state index contributed by atoms with van der Waals surface area (Å²) in [5.74, 6) is -0.806. The molecule has 0 bridgehead atoms. The lowest BCUT2D eigenvalue weighted by atomic mass is 9.96. The van der Waals surface area contributed by atoms with Crippen molar-refractivity contribution in [2.75, 3.05) is 0 Å². The first-order valence-electron chi connectivity index (χ1n) is 7.66. The van der Waals surface area contributed by atoms with Crippen LogP contribution in [0.3, 0.4) is 0 Å². The number of ketones is 1. The average molecular weight is 321 g/mol. The smallest absolute Gasteiger partial charge is 0.338 e. The Morgan fingerprint density at radius 2 is 1.58 bits per heavy atom. The molecule has 0 radical (unpaired) electrons. The van der Waals surface area contributed by atoms with Crippen molar-refractivity contribution in [2.24, 2.45) is 0 Å². The maximum atomic E-state index is 12.6. The lowest BCUT2D eigenvalue weighted by Crippen LogP contribution is -2.25. The second-order valence-corrected chi connectivity index (χ2v) is 5.85. The van der Waals surface area contributed by atoms with Crippen LogP contribution in [0.5, 0.6) is 0 Å². The van der Waals surface area contributed by atoms with Crippen molar-refractivity contribution in [3.05, 3.63) is 69.8 Å². The Morgan fingerprint density at radius 3 is 2.17 bits per heavy atom. The van der Waals surface area contributed by atoms with Crippen LogP contribution in [0.15, 0.2) is 36.4 Å². The summed E-state index contributed by atoms with van der Waals surface area (Å²) >= 11 is 0. The molecule has 0 aromatic heterocycles. The monoisotopic (exact) mass is 321 g/mol. The Morgan fingerprint density at radius 1 is 1.00 bits per heavy atom. The first kappa shape index (κ1) is 17.4. The van der Waals surface area contributed by atoms with E-state index in [0.717, 1.165) is 16.7 Å². The molecule has 0 spiro atoms. The lowest BCUT2D eigenvalue weighted by molar-refractivity contribution is 0.0318. The molecule has 24 heavy (non-hydrogen) atoms. The third kappa shape index (κ3) is 3.69. The summed E-state index contributed by atoms with van der Waals surface area (Å²) in [7, 11) is 0. The van der Waals surface area contributed by atoms with Crippen LogP contribution >= 0.6 is 0 Å². The van der Waals surface area contributed by atoms with E-state index in [0.29, 0.717) is 16.7 Å². The molecule has 0 aliphatic heterocycles. The second-order valence-electron chi connectivity index (χ2n) is 5.85. The van der Waals surface area contributed by atoms with E-state index < -0.39 is 12.1 Å². The van der Waals surface area contributed by atoms with Gasteiger partial charge in [-0.15, -0.1) is 0 Å². The predicted octanol–water partition coefficient (Wildman–Crippen LogP) is 3.91. The fourth-order valence-electron chi connectivity index (χ4n) is 2.41. The number of Topliss-reactive ketones (excluding diaryl/α,β-unsaturated/α-hetero) is 1. The summed E-state index contributed by atoms with van der Waals surface area (Å²) < 4.78 is 5.28. The van der Waals surface area contributed by atoms with E-state index >= 15 is 0 Å². The fourth-order valence-corrected chi connectivity index (χ4v) is 2.41. The maximum absolute atomic E-state index is 12.6. The molecule has 0 amide bonds. The van der Waals surface area contributed by atoms with Crippen molar-refractivity contribution in [2.45, 2.75) is 33.8 Å². The van der Waals surface area contributed by atoms with Gasteiger partial charge in [-0.25, -0.2) is 4.79 Å². The topological polar surface area (TPSA) is 67.2 Å². The molecule has 0 unspecified atom stereocenters. The van der Waals surface area contributed by atoms with Crippen LogP contribution < -0.4 is 0 Å². The molecule has 0 fully saturated rings. The van der Waals surface area contributed by atoms with Gasteiger partial charge >= 0.3 is 5.97 Å². The van der Waals surface area contributed by atoms with Gasteiger partial charge in [0.15, 0.2) is 6.10 Å². The largest absolute Gasteiger partial charge is 0.451 e.